The van der Waals surface area contributed by atoms with Crippen molar-refractivity contribution in [3.63, 3.8) is 0 Å². The Kier molecular flexibility index (Phi) is 4.67. The van der Waals surface area contributed by atoms with Gasteiger partial charge in [0, 0.05) is 18.0 Å². The molecule has 0 amide bonds. The molecule has 4 aliphatic rings. The molecule has 0 aromatic heterocycles. The van der Waals surface area contributed by atoms with Gasteiger partial charge in [-0.25, -0.2) is 0 Å². The molecule has 3 N–H and O–H groups in total. The first-order valence-corrected chi connectivity index (χ1v) is 10.0. The van der Waals surface area contributed by atoms with E-state index in [0.29, 0.717) is 30.2 Å². The van der Waals surface area contributed by atoms with E-state index in [1.54, 1.807) is 0 Å². The summed E-state index contributed by atoms with van der Waals surface area (Å²) in [7, 11) is 0. The SMILES string of the molecule is CC1CCC1[C@@H](O)/C=C/[C@@H]1[C@H]2CC3CCCC(C(=O)O)N3[C@@H]2C[C@H]1O. The van der Waals surface area contributed by atoms with E-state index in [9.17, 15) is 20.1 Å². The largest absolute Gasteiger partial charge is 0.480 e. The highest BCUT2D eigenvalue weighted by Gasteiger charge is 2.55. The summed E-state index contributed by atoms with van der Waals surface area (Å²) in [5, 5.41) is 30.6. The fourth-order valence-electron chi connectivity index (χ4n) is 6.04. The average molecular weight is 349 g/mol. The van der Waals surface area contributed by atoms with Crippen molar-refractivity contribution >= 4 is 5.97 Å². The summed E-state index contributed by atoms with van der Waals surface area (Å²) in [6.07, 6.45) is 9.82. The minimum atomic E-state index is -0.715. The summed E-state index contributed by atoms with van der Waals surface area (Å²) in [4.78, 5) is 13.9. The highest BCUT2D eigenvalue weighted by molar-refractivity contribution is 5.73. The first-order valence-electron chi connectivity index (χ1n) is 10.0. The number of aliphatic hydroxyl groups excluding tert-OH is 2. The molecule has 5 heteroatoms. The van der Waals surface area contributed by atoms with E-state index in [-0.39, 0.29) is 18.0 Å². The number of carboxylic acids is 1. The summed E-state index contributed by atoms with van der Waals surface area (Å²) in [5.41, 5.74) is 0. The van der Waals surface area contributed by atoms with Gasteiger partial charge in [0.15, 0.2) is 0 Å². The fourth-order valence-corrected chi connectivity index (χ4v) is 6.04. The summed E-state index contributed by atoms with van der Waals surface area (Å²) >= 11 is 0. The number of aliphatic carboxylic acids is 1. The number of hydrogen-bond acceptors (Lipinski definition) is 4. The molecule has 0 aromatic carbocycles. The molecule has 5 nitrogen and oxygen atoms in total. The summed E-state index contributed by atoms with van der Waals surface area (Å²) in [5.74, 6) is 0.597. The van der Waals surface area contributed by atoms with Crippen molar-refractivity contribution in [3.8, 4) is 0 Å². The molecule has 2 saturated heterocycles. The second-order valence-electron chi connectivity index (χ2n) is 8.83. The summed E-state index contributed by atoms with van der Waals surface area (Å²) < 4.78 is 0. The lowest BCUT2D eigenvalue weighted by atomic mass is 9.71. The quantitative estimate of drug-likeness (QED) is 0.677. The zero-order valence-electron chi connectivity index (χ0n) is 15.0. The third kappa shape index (κ3) is 2.94. The highest BCUT2D eigenvalue weighted by atomic mass is 16.4. The number of carboxylic acid groups (broad SMARTS) is 1. The van der Waals surface area contributed by atoms with Crippen LogP contribution < -0.4 is 0 Å². The van der Waals surface area contributed by atoms with Gasteiger partial charge in [0.1, 0.15) is 6.04 Å². The van der Waals surface area contributed by atoms with Crippen LogP contribution in [0.2, 0.25) is 0 Å². The van der Waals surface area contributed by atoms with Gasteiger partial charge in [-0.3, -0.25) is 9.69 Å². The van der Waals surface area contributed by atoms with Crippen LogP contribution in [0.5, 0.6) is 0 Å². The third-order valence-electron chi connectivity index (χ3n) is 7.58. The van der Waals surface area contributed by atoms with E-state index in [2.05, 4.69) is 11.8 Å². The minimum Gasteiger partial charge on any atom is -0.480 e. The van der Waals surface area contributed by atoms with Crippen LogP contribution in [-0.2, 0) is 4.79 Å². The molecule has 4 rings (SSSR count). The van der Waals surface area contributed by atoms with Crippen molar-refractivity contribution in [1.82, 2.24) is 4.90 Å². The molecule has 0 aromatic rings. The van der Waals surface area contributed by atoms with Crippen LogP contribution in [0.4, 0.5) is 0 Å². The molecule has 4 unspecified atom stereocenters. The van der Waals surface area contributed by atoms with Gasteiger partial charge in [0.05, 0.1) is 12.2 Å². The minimum absolute atomic E-state index is 0.0510. The zero-order chi connectivity index (χ0) is 17.7. The lowest BCUT2D eigenvalue weighted by molar-refractivity contribution is -0.146. The molecule has 2 heterocycles. The van der Waals surface area contributed by atoms with Gasteiger partial charge in [-0.1, -0.05) is 19.1 Å². The predicted molar refractivity (Wildman–Crippen MR) is 93.9 cm³/mol. The Hall–Kier alpha value is -0.910. The molecular weight excluding hydrogens is 318 g/mol. The van der Waals surface area contributed by atoms with Gasteiger partial charge in [-0.2, -0.15) is 0 Å². The number of hydrogen-bond donors (Lipinski definition) is 3. The molecular formula is C20H31NO4. The Balaban J connectivity index is 1.47. The van der Waals surface area contributed by atoms with Crippen LogP contribution >= 0.6 is 0 Å². The third-order valence-corrected chi connectivity index (χ3v) is 7.58. The highest BCUT2D eigenvalue weighted by Crippen LogP contribution is 2.49. The number of piperidine rings is 1. The maximum atomic E-state index is 11.7. The Morgan fingerprint density at radius 3 is 2.64 bits per heavy atom. The first kappa shape index (κ1) is 17.5. The number of carbonyl (C=O) groups is 1. The van der Waals surface area contributed by atoms with Crippen LogP contribution in [0.1, 0.15) is 51.9 Å². The van der Waals surface area contributed by atoms with Crippen molar-refractivity contribution in [2.75, 3.05) is 0 Å². The zero-order valence-corrected chi connectivity index (χ0v) is 15.0. The van der Waals surface area contributed by atoms with Gasteiger partial charge in [-0.05, 0) is 62.7 Å². The van der Waals surface area contributed by atoms with E-state index in [1.165, 1.54) is 6.42 Å². The van der Waals surface area contributed by atoms with Gasteiger partial charge in [0.2, 0.25) is 0 Å². The average Bonchev–Trinajstić information content (AvgIpc) is 3.05. The maximum absolute atomic E-state index is 11.7. The van der Waals surface area contributed by atoms with Crippen molar-refractivity contribution in [3.05, 3.63) is 12.2 Å². The molecule has 25 heavy (non-hydrogen) atoms. The van der Waals surface area contributed by atoms with E-state index >= 15 is 0 Å². The first-order chi connectivity index (χ1) is 12.0. The van der Waals surface area contributed by atoms with Gasteiger partial charge < -0.3 is 15.3 Å². The molecule has 0 radical (unpaired) electrons. The van der Waals surface area contributed by atoms with Crippen LogP contribution in [0.15, 0.2) is 12.2 Å². The monoisotopic (exact) mass is 349 g/mol. The van der Waals surface area contributed by atoms with Crippen molar-refractivity contribution in [2.24, 2.45) is 23.7 Å². The molecule has 2 aliphatic heterocycles. The second-order valence-corrected chi connectivity index (χ2v) is 8.83. The molecule has 0 spiro atoms. The van der Waals surface area contributed by atoms with Crippen LogP contribution in [-0.4, -0.2) is 56.5 Å². The summed E-state index contributed by atoms with van der Waals surface area (Å²) in [6, 6.07) is 0.144. The van der Waals surface area contributed by atoms with E-state index in [1.807, 2.05) is 12.2 Å². The lowest BCUT2D eigenvalue weighted by Gasteiger charge is -2.38. The fraction of sp³-hybridized carbons (Fsp3) is 0.850. The number of rotatable bonds is 4. The summed E-state index contributed by atoms with van der Waals surface area (Å²) in [6.45, 7) is 2.19. The Bertz CT molecular complexity index is 550. The van der Waals surface area contributed by atoms with Crippen molar-refractivity contribution in [1.29, 1.82) is 0 Å². The second kappa shape index (κ2) is 6.67. The van der Waals surface area contributed by atoms with E-state index in [0.717, 1.165) is 32.1 Å². The number of nitrogens with zero attached hydrogens (tertiary/aromatic N) is 1. The Morgan fingerprint density at radius 1 is 1.20 bits per heavy atom. The van der Waals surface area contributed by atoms with E-state index < -0.39 is 18.2 Å². The smallest absolute Gasteiger partial charge is 0.320 e. The molecule has 2 aliphatic carbocycles. The molecule has 4 fully saturated rings. The predicted octanol–water partition coefficient (Wildman–Crippen LogP) is 2.03. The standard InChI is InChI=1S/C20H31NO4/c1-11-5-6-13(11)18(22)8-7-14-15-9-12-3-2-4-16(20(24)25)21(12)17(15)10-19(14)23/h7-8,11-19,22-23H,2-6,9-10H2,1H3,(H,24,25)/b8-7+/t11?,12?,13?,14-,15-,16?,17-,18+,19-/m1/s1. The van der Waals surface area contributed by atoms with Crippen molar-refractivity contribution in [2.45, 2.75) is 82.2 Å². The Morgan fingerprint density at radius 2 is 2.00 bits per heavy atom. The lowest BCUT2D eigenvalue weighted by Crippen LogP contribution is -2.51. The maximum Gasteiger partial charge on any atom is 0.320 e. The molecule has 2 saturated carbocycles. The van der Waals surface area contributed by atoms with Gasteiger partial charge in [0.25, 0.3) is 0 Å². The Labute approximate surface area is 149 Å². The van der Waals surface area contributed by atoms with Gasteiger partial charge in [-0.15, -0.1) is 0 Å². The molecule has 9 atom stereocenters. The van der Waals surface area contributed by atoms with Crippen LogP contribution in [0, 0.1) is 23.7 Å². The van der Waals surface area contributed by atoms with Crippen LogP contribution in [0.3, 0.4) is 0 Å². The van der Waals surface area contributed by atoms with Crippen molar-refractivity contribution < 1.29 is 20.1 Å². The number of fused-ring (bicyclic) bond motifs is 3. The molecule has 140 valence electrons. The topological polar surface area (TPSA) is 81.0 Å². The number of aliphatic hydroxyl groups is 2. The molecule has 0 bridgehead atoms. The van der Waals surface area contributed by atoms with E-state index in [4.69, 9.17) is 0 Å². The normalized spacial score (nSPS) is 48.1. The van der Waals surface area contributed by atoms with Crippen LogP contribution in [0.25, 0.3) is 0 Å². The van der Waals surface area contributed by atoms with Gasteiger partial charge >= 0.3 is 5.97 Å².